The summed E-state index contributed by atoms with van der Waals surface area (Å²) in [5.41, 5.74) is 7.04. The standard InChI is InChI=1S/C14H12INO2S/c1-18-14(17)9-2-5-11(6-3-9)19-13-7-4-10(16)8-12(13)15/h2-8H,16H2,1H3. The van der Waals surface area contributed by atoms with Gasteiger partial charge in [-0.2, -0.15) is 0 Å². The minimum atomic E-state index is -0.321. The molecule has 98 valence electrons. The van der Waals surface area contributed by atoms with Crippen molar-refractivity contribution in [2.75, 3.05) is 12.8 Å². The van der Waals surface area contributed by atoms with E-state index in [2.05, 4.69) is 27.3 Å². The van der Waals surface area contributed by atoms with Crippen LogP contribution in [0.5, 0.6) is 0 Å². The van der Waals surface area contributed by atoms with Crippen LogP contribution in [-0.2, 0) is 4.74 Å². The molecular weight excluding hydrogens is 373 g/mol. The van der Waals surface area contributed by atoms with E-state index >= 15 is 0 Å². The number of carbonyl (C=O) groups excluding carboxylic acids is 1. The van der Waals surface area contributed by atoms with Gasteiger partial charge in [0, 0.05) is 19.0 Å². The van der Waals surface area contributed by atoms with Crippen LogP contribution in [0.25, 0.3) is 0 Å². The van der Waals surface area contributed by atoms with Gasteiger partial charge in [0.15, 0.2) is 0 Å². The summed E-state index contributed by atoms with van der Waals surface area (Å²) in [5.74, 6) is -0.321. The van der Waals surface area contributed by atoms with E-state index in [0.29, 0.717) is 5.56 Å². The SMILES string of the molecule is COC(=O)c1ccc(Sc2ccc(N)cc2I)cc1. The third-order valence-corrected chi connectivity index (χ3v) is 4.80. The van der Waals surface area contributed by atoms with Gasteiger partial charge in [0.2, 0.25) is 0 Å². The molecule has 0 amide bonds. The highest BCUT2D eigenvalue weighted by Crippen LogP contribution is 2.32. The lowest BCUT2D eigenvalue weighted by Gasteiger charge is -2.06. The van der Waals surface area contributed by atoms with Gasteiger partial charge < -0.3 is 10.5 Å². The third kappa shape index (κ3) is 3.63. The molecule has 0 unspecified atom stereocenters. The maximum atomic E-state index is 11.3. The first-order chi connectivity index (χ1) is 9.10. The molecule has 0 atom stereocenters. The molecular formula is C14H12INO2S. The maximum Gasteiger partial charge on any atom is 0.337 e. The summed E-state index contributed by atoms with van der Waals surface area (Å²) in [6.07, 6.45) is 0. The first kappa shape index (κ1) is 14.2. The van der Waals surface area contributed by atoms with Crippen LogP contribution >= 0.6 is 34.4 Å². The second kappa shape index (κ2) is 6.29. The molecule has 0 fully saturated rings. The lowest BCUT2D eigenvalue weighted by atomic mass is 10.2. The monoisotopic (exact) mass is 385 g/mol. The number of nitrogen functional groups attached to an aromatic ring is 1. The van der Waals surface area contributed by atoms with E-state index in [1.54, 1.807) is 23.9 Å². The van der Waals surface area contributed by atoms with Gasteiger partial charge in [0.05, 0.1) is 12.7 Å². The molecule has 2 aromatic carbocycles. The predicted molar refractivity (Wildman–Crippen MR) is 85.5 cm³/mol. The smallest absolute Gasteiger partial charge is 0.337 e. The summed E-state index contributed by atoms with van der Waals surface area (Å²) < 4.78 is 5.78. The number of nitrogens with two attached hydrogens (primary N) is 1. The van der Waals surface area contributed by atoms with Crippen LogP contribution in [0.4, 0.5) is 5.69 Å². The Morgan fingerprint density at radius 2 is 1.89 bits per heavy atom. The van der Waals surface area contributed by atoms with Crippen LogP contribution in [0.15, 0.2) is 52.3 Å². The Balaban J connectivity index is 2.17. The van der Waals surface area contributed by atoms with Crippen molar-refractivity contribution in [2.45, 2.75) is 9.79 Å². The molecule has 2 aromatic rings. The first-order valence-electron chi connectivity index (χ1n) is 5.51. The number of hydrogen-bond donors (Lipinski definition) is 1. The molecule has 3 nitrogen and oxygen atoms in total. The molecule has 0 aliphatic heterocycles. The van der Waals surface area contributed by atoms with Crippen molar-refractivity contribution in [1.82, 2.24) is 0 Å². The zero-order chi connectivity index (χ0) is 13.8. The summed E-state index contributed by atoms with van der Waals surface area (Å²) >= 11 is 3.90. The van der Waals surface area contributed by atoms with Gasteiger partial charge in [-0.15, -0.1) is 0 Å². The number of methoxy groups -OCH3 is 1. The molecule has 0 aliphatic carbocycles. The van der Waals surface area contributed by atoms with Crippen molar-refractivity contribution in [3.63, 3.8) is 0 Å². The largest absolute Gasteiger partial charge is 0.465 e. The summed E-state index contributed by atoms with van der Waals surface area (Å²) in [7, 11) is 1.38. The summed E-state index contributed by atoms with van der Waals surface area (Å²) in [4.78, 5) is 13.5. The van der Waals surface area contributed by atoms with Gasteiger partial charge >= 0.3 is 5.97 Å². The van der Waals surface area contributed by atoms with Crippen molar-refractivity contribution in [1.29, 1.82) is 0 Å². The molecule has 0 heterocycles. The van der Waals surface area contributed by atoms with Gasteiger partial charge in [0.1, 0.15) is 0 Å². The van der Waals surface area contributed by atoms with E-state index in [4.69, 9.17) is 5.73 Å². The summed E-state index contributed by atoms with van der Waals surface area (Å²) in [6.45, 7) is 0. The second-order valence-electron chi connectivity index (χ2n) is 3.81. The Bertz CT molecular complexity index is 599. The molecule has 0 aliphatic rings. The van der Waals surface area contributed by atoms with E-state index in [1.807, 2.05) is 30.3 Å². The van der Waals surface area contributed by atoms with Gasteiger partial charge in [-0.05, 0) is 65.1 Å². The summed E-state index contributed by atoms with van der Waals surface area (Å²) in [6, 6.07) is 13.2. The number of ether oxygens (including phenoxy) is 1. The van der Waals surface area contributed by atoms with Crippen LogP contribution in [0.2, 0.25) is 0 Å². The lowest BCUT2D eigenvalue weighted by molar-refractivity contribution is 0.0600. The zero-order valence-electron chi connectivity index (χ0n) is 10.2. The van der Waals surface area contributed by atoms with Crippen LogP contribution in [0.1, 0.15) is 10.4 Å². The van der Waals surface area contributed by atoms with Gasteiger partial charge in [-0.25, -0.2) is 4.79 Å². The van der Waals surface area contributed by atoms with E-state index in [-0.39, 0.29) is 5.97 Å². The Labute approximate surface area is 129 Å². The van der Waals surface area contributed by atoms with E-state index in [0.717, 1.165) is 19.0 Å². The number of anilines is 1. The molecule has 0 saturated heterocycles. The fraction of sp³-hybridized carbons (Fsp3) is 0.0714. The first-order valence-corrected chi connectivity index (χ1v) is 7.41. The minimum Gasteiger partial charge on any atom is -0.465 e. The van der Waals surface area contributed by atoms with E-state index < -0.39 is 0 Å². The predicted octanol–water partition coefficient (Wildman–Crippen LogP) is 3.81. The average molecular weight is 385 g/mol. The molecule has 0 aromatic heterocycles. The molecule has 0 saturated carbocycles. The van der Waals surface area contributed by atoms with Gasteiger partial charge in [0.25, 0.3) is 0 Å². The van der Waals surface area contributed by atoms with Crippen LogP contribution in [0, 0.1) is 3.57 Å². The molecule has 19 heavy (non-hydrogen) atoms. The van der Waals surface area contributed by atoms with Gasteiger partial charge in [-0.1, -0.05) is 11.8 Å². The highest BCUT2D eigenvalue weighted by atomic mass is 127. The molecule has 5 heteroatoms. The Morgan fingerprint density at radius 3 is 2.47 bits per heavy atom. The molecule has 2 N–H and O–H groups in total. The molecule has 2 rings (SSSR count). The third-order valence-electron chi connectivity index (χ3n) is 2.46. The number of benzene rings is 2. The van der Waals surface area contributed by atoms with E-state index in [1.165, 1.54) is 7.11 Å². The topological polar surface area (TPSA) is 52.3 Å². The number of carbonyl (C=O) groups is 1. The summed E-state index contributed by atoms with van der Waals surface area (Å²) in [5, 5.41) is 0. The normalized spacial score (nSPS) is 10.2. The molecule has 0 radical (unpaired) electrons. The molecule has 0 spiro atoms. The van der Waals surface area contributed by atoms with Crippen molar-refractivity contribution in [2.24, 2.45) is 0 Å². The lowest BCUT2D eigenvalue weighted by Crippen LogP contribution is -2.00. The highest BCUT2D eigenvalue weighted by molar-refractivity contribution is 14.1. The van der Waals surface area contributed by atoms with Crippen molar-refractivity contribution in [3.05, 3.63) is 51.6 Å². The Morgan fingerprint density at radius 1 is 1.21 bits per heavy atom. The number of esters is 1. The van der Waals surface area contributed by atoms with Crippen LogP contribution < -0.4 is 5.73 Å². The van der Waals surface area contributed by atoms with Gasteiger partial charge in [-0.3, -0.25) is 0 Å². The number of hydrogen-bond acceptors (Lipinski definition) is 4. The van der Waals surface area contributed by atoms with Crippen molar-refractivity contribution in [3.8, 4) is 0 Å². The Hall–Kier alpha value is -1.21. The number of rotatable bonds is 3. The fourth-order valence-electron chi connectivity index (χ4n) is 1.50. The maximum absolute atomic E-state index is 11.3. The quantitative estimate of drug-likeness (QED) is 0.496. The van der Waals surface area contributed by atoms with E-state index in [9.17, 15) is 4.79 Å². The zero-order valence-corrected chi connectivity index (χ0v) is 13.2. The Kier molecular flexibility index (Phi) is 4.71. The number of halogens is 1. The van der Waals surface area contributed by atoms with Crippen molar-refractivity contribution >= 4 is 46.0 Å². The molecule has 0 bridgehead atoms. The van der Waals surface area contributed by atoms with Crippen LogP contribution in [-0.4, -0.2) is 13.1 Å². The highest BCUT2D eigenvalue weighted by Gasteiger charge is 2.06. The fourth-order valence-corrected chi connectivity index (χ4v) is 3.19. The second-order valence-corrected chi connectivity index (χ2v) is 6.09. The minimum absolute atomic E-state index is 0.321. The van der Waals surface area contributed by atoms with Crippen molar-refractivity contribution < 1.29 is 9.53 Å². The van der Waals surface area contributed by atoms with Crippen LogP contribution in [0.3, 0.4) is 0 Å². The average Bonchev–Trinajstić information content (AvgIpc) is 2.42.